The summed E-state index contributed by atoms with van der Waals surface area (Å²) in [6.45, 7) is 5.65. The van der Waals surface area contributed by atoms with Gasteiger partial charge in [0.2, 0.25) is 0 Å². The van der Waals surface area contributed by atoms with E-state index >= 15 is 0 Å². The van der Waals surface area contributed by atoms with Crippen LogP contribution in [-0.4, -0.2) is 64.1 Å². The number of thiazole rings is 1. The molecule has 3 heterocycles. The van der Waals surface area contributed by atoms with Crippen LogP contribution in [0.15, 0.2) is 4.99 Å². The van der Waals surface area contributed by atoms with Gasteiger partial charge in [-0.1, -0.05) is 11.3 Å². The van der Waals surface area contributed by atoms with E-state index in [0.717, 1.165) is 87.1 Å². The van der Waals surface area contributed by atoms with Gasteiger partial charge in [-0.15, -0.1) is 21.5 Å². The molecule has 0 bridgehead atoms. The van der Waals surface area contributed by atoms with Crippen molar-refractivity contribution in [3.63, 3.8) is 0 Å². The largest absolute Gasteiger partial charge is 0.457 e. The lowest BCUT2D eigenvalue weighted by molar-refractivity contribution is -0.189. The number of rotatable bonds is 8. The number of alkyl halides is 3. The molecule has 1 amide bonds. The number of amides is 1. The van der Waals surface area contributed by atoms with Gasteiger partial charge >= 0.3 is 6.18 Å². The Bertz CT molecular complexity index is 1020. The van der Waals surface area contributed by atoms with Crippen LogP contribution < -0.4 is 4.74 Å². The van der Waals surface area contributed by atoms with Crippen molar-refractivity contribution in [2.75, 3.05) is 19.6 Å². The second kappa shape index (κ2) is 12.1. The predicted octanol–water partition coefficient (Wildman–Crippen LogP) is 5.07. The summed E-state index contributed by atoms with van der Waals surface area (Å²) in [6.07, 6.45) is 2.88. The summed E-state index contributed by atoms with van der Waals surface area (Å²) >= 11 is 2.68. The number of aliphatic imine (C=N–C) groups is 1. The number of aromatic nitrogens is 3. The number of nitrogens with zero attached hydrogens (tertiary/aromatic N) is 5. The molecule has 1 aliphatic carbocycles. The maximum atomic E-state index is 12.8. The first-order valence-corrected chi connectivity index (χ1v) is 14.1. The number of fused-ring (bicyclic) bond motifs is 1. The second-order valence-corrected chi connectivity index (χ2v) is 11.9. The van der Waals surface area contributed by atoms with Gasteiger partial charge in [0.25, 0.3) is 11.1 Å². The van der Waals surface area contributed by atoms with Crippen molar-refractivity contribution < 1.29 is 22.7 Å². The normalized spacial score (nSPS) is 22.4. The van der Waals surface area contributed by atoms with Crippen molar-refractivity contribution in [2.24, 2.45) is 16.8 Å². The Morgan fingerprint density at radius 3 is 2.64 bits per heavy atom. The van der Waals surface area contributed by atoms with Crippen LogP contribution in [0.1, 0.15) is 59.6 Å². The molecule has 0 spiro atoms. The molecule has 36 heavy (non-hydrogen) atoms. The fourth-order valence-electron chi connectivity index (χ4n) is 4.64. The molecule has 2 aromatic heterocycles. The Kier molecular flexibility index (Phi) is 9.10. The first-order valence-electron chi connectivity index (χ1n) is 12.5. The summed E-state index contributed by atoms with van der Waals surface area (Å²) in [5.74, 6) is 0.873. The third-order valence-electron chi connectivity index (χ3n) is 6.86. The van der Waals surface area contributed by atoms with Crippen molar-refractivity contribution in [1.82, 2.24) is 20.1 Å². The summed E-state index contributed by atoms with van der Waals surface area (Å²) in [7, 11) is 0. The molecule has 4 rings (SSSR count). The van der Waals surface area contributed by atoms with Crippen molar-refractivity contribution in [3.8, 4) is 5.19 Å². The fraction of sp³-hybridized carbons (Fsp3) is 0.708. The molecule has 7 nitrogen and oxygen atoms in total. The zero-order valence-electron chi connectivity index (χ0n) is 20.6. The molecular weight excluding hydrogens is 511 g/mol. The van der Waals surface area contributed by atoms with Crippen LogP contribution in [0.25, 0.3) is 0 Å². The average Bonchev–Trinajstić information content (AvgIpc) is 3.36. The average molecular weight is 544 g/mol. The van der Waals surface area contributed by atoms with E-state index in [-0.39, 0.29) is 17.5 Å². The molecule has 2 aromatic rings. The zero-order valence-corrected chi connectivity index (χ0v) is 22.2. The van der Waals surface area contributed by atoms with Crippen molar-refractivity contribution >= 4 is 34.8 Å². The lowest BCUT2D eigenvalue weighted by Gasteiger charge is -2.28. The van der Waals surface area contributed by atoms with Crippen LogP contribution in [0, 0.1) is 18.8 Å². The van der Waals surface area contributed by atoms with Crippen LogP contribution in [0.5, 0.6) is 5.19 Å². The third kappa shape index (κ3) is 7.79. The van der Waals surface area contributed by atoms with Crippen LogP contribution in [0.2, 0.25) is 0 Å². The zero-order chi connectivity index (χ0) is 25.7. The summed E-state index contributed by atoms with van der Waals surface area (Å²) < 4.78 is 43.3. The van der Waals surface area contributed by atoms with Gasteiger partial charge in [-0.05, 0) is 70.8 Å². The first-order chi connectivity index (χ1) is 17.2. The molecule has 0 N–H and O–H groups in total. The van der Waals surface area contributed by atoms with Crippen molar-refractivity contribution in [3.05, 3.63) is 20.6 Å². The summed E-state index contributed by atoms with van der Waals surface area (Å²) in [5.41, 5.74) is 0.877. The molecule has 0 saturated heterocycles. The van der Waals surface area contributed by atoms with E-state index in [0.29, 0.717) is 16.8 Å². The SMILES string of the molecule is Cc1nnc(CC(=O)N=CC2CCC(CCN3CCc4nc(O[C@H](C)C(F)(F)F)sc4CC3)CC2)s1. The Hall–Kier alpha value is -1.92. The van der Waals surface area contributed by atoms with E-state index in [2.05, 4.69) is 25.1 Å². The van der Waals surface area contributed by atoms with Crippen molar-refractivity contribution in [1.29, 1.82) is 0 Å². The molecule has 0 aromatic carbocycles. The van der Waals surface area contributed by atoms with Gasteiger partial charge in [0.1, 0.15) is 10.0 Å². The number of carbonyl (C=O) groups is 1. The van der Waals surface area contributed by atoms with Gasteiger partial charge in [-0.2, -0.15) is 13.2 Å². The standard InChI is InChI=1S/C24H32F3N5O2S2/c1-15(24(25,26)27)34-23-29-19-8-11-32(12-9-20(19)36-23)10-7-17-3-5-18(6-4-17)14-28-21(33)13-22-31-30-16(2)35-22/h14-15,17-18H,3-13H2,1-2H3/t15-,17?,18?/m1/s1. The Labute approximate surface area is 217 Å². The quantitative estimate of drug-likeness (QED) is 0.433. The van der Waals surface area contributed by atoms with E-state index in [1.807, 2.05) is 13.1 Å². The highest BCUT2D eigenvalue weighted by atomic mass is 32.1. The van der Waals surface area contributed by atoms with Gasteiger partial charge < -0.3 is 9.64 Å². The minimum Gasteiger partial charge on any atom is -0.457 e. The Morgan fingerprint density at radius 2 is 1.94 bits per heavy atom. The third-order valence-corrected chi connectivity index (χ3v) is 8.75. The van der Waals surface area contributed by atoms with E-state index < -0.39 is 12.3 Å². The molecule has 0 unspecified atom stereocenters. The number of ether oxygens (including phenoxy) is 1. The second-order valence-electron chi connectivity index (χ2n) is 9.63. The minimum absolute atomic E-state index is 0.121. The number of hydrogen-bond donors (Lipinski definition) is 0. The van der Waals surface area contributed by atoms with E-state index in [9.17, 15) is 18.0 Å². The van der Waals surface area contributed by atoms with Gasteiger partial charge in [-0.3, -0.25) is 4.79 Å². The van der Waals surface area contributed by atoms with E-state index in [4.69, 9.17) is 4.74 Å². The molecule has 1 saturated carbocycles. The number of aryl methyl sites for hydroxylation is 1. The lowest BCUT2D eigenvalue weighted by atomic mass is 9.81. The lowest BCUT2D eigenvalue weighted by Crippen LogP contribution is -2.31. The monoisotopic (exact) mass is 543 g/mol. The summed E-state index contributed by atoms with van der Waals surface area (Å²) in [4.78, 5) is 24.1. The van der Waals surface area contributed by atoms with E-state index in [1.54, 1.807) is 0 Å². The molecule has 2 aliphatic rings. The fourth-order valence-corrected chi connectivity index (χ4v) is 6.36. The number of carbonyl (C=O) groups excluding carboxylic acids is 1. The van der Waals surface area contributed by atoms with Gasteiger partial charge in [0, 0.05) is 30.6 Å². The minimum atomic E-state index is -4.39. The van der Waals surface area contributed by atoms with Gasteiger partial charge in [0.15, 0.2) is 6.10 Å². The van der Waals surface area contributed by atoms with Gasteiger partial charge in [-0.25, -0.2) is 9.98 Å². The molecule has 1 aliphatic heterocycles. The smallest absolute Gasteiger partial charge is 0.425 e. The van der Waals surface area contributed by atoms with Crippen LogP contribution in [0.4, 0.5) is 13.2 Å². The molecular formula is C24H32F3N5O2S2. The molecule has 1 atom stereocenters. The molecule has 12 heteroatoms. The van der Waals surface area contributed by atoms with Crippen molar-refractivity contribution in [2.45, 2.75) is 77.5 Å². The maximum absolute atomic E-state index is 12.8. The highest BCUT2D eigenvalue weighted by Gasteiger charge is 2.39. The van der Waals surface area contributed by atoms with Crippen LogP contribution in [-0.2, 0) is 24.1 Å². The highest BCUT2D eigenvalue weighted by Crippen LogP contribution is 2.33. The molecule has 198 valence electrons. The number of halogens is 3. The van der Waals surface area contributed by atoms with Gasteiger partial charge in [0.05, 0.1) is 12.1 Å². The van der Waals surface area contributed by atoms with E-state index in [1.165, 1.54) is 22.7 Å². The molecule has 1 fully saturated rings. The topological polar surface area (TPSA) is 80.6 Å². The Morgan fingerprint density at radius 1 is 1.19 bits per heavy atom. The summed E-state index contributed by atoms with van der Waals surface area (Å²) in [5, 5.41) is 9.60. The predicted molar refractivity (Wildman–Crippen MR) is 134 cm³/mol. The maximum Gasteiger partial charge on any atom is 0.425 e. The van der Waals surface area contributed by atoms with Crippen LogP contribution >= 0.6 is 22.7 Å². The first kappa shape index (κ1) is 27.1. The number of hydrogen-bond acceptors (Lipinski definition) is 8. The summed E-state index contributed by atoms with van der Waals surface area (Å²) in [6, 6.07) is 0. The Balaban J connectivity index is 1.14. The molecule has 0 radical (unpaired) electrons. The van der Waals surface area contributed by atoms with Crippen LogP contribution in [0.3, 0.4) is 0 Å². The highest BCUT2D eigenvalue weighted by molar-refractivity contribution is 7.13.